The molecule has 0 aliphatic rings. The second-order valence-corrected chi connectivity index (χ2v) is 7.29. The van der Waals surface area contributed by atoms with E-state index in [2.05, 4.69) is 10.6 Å². The van der Waals surface area contributed by atoms with E-state index in [0.717, 1.165) is 16.7 Å². The Morgan fingerprint density at radius 2 is 1.62 bits per heavy atom. The van der Waals surface area contributed by atoms with Gasteiger partial charge in [0.25, 0.3) is 0 Å². The van der Waals surface area contributed by atoms with Gasteiger partial charge in [-0.15, -0.1) is 0 Å². The summed E-state index contributed by atoms with van der Waals surface area (Å²) in [4.78, 5) is 35.6. The fourth-order valence-corrected chi connectivity index (χ4v) is 2.34. The van der Waals surface area contributed by atoms with Crippen LogP contribution in [0.4, 0.5) is 4.79 Å². The smallest absolute Gasteiger partial charge is 0.408 e. The average Bonchev–Trinajstić information content (AvgIpc) is 2.46. The summed E-state index contributed by atoms with van der Waals surface area (Å²) in [6, 6.07) is 2.99. The van der Waals surface area contributed by atoms with Gasteiger partial charge in [0, 0.05) is 0 Å². The number of benzene rings is 1. The number of amides is 2. The zero-order chi connectivity index (χ0) is 20.1. The van der Waals surface area contributed by atoms with Gasteiger partial charge in [-0.05, 0) is 59.6 Å². The van der Waals surface area contributed by atoms with E-state index in [-0.39, 0.29) is 6.54 Å². The molecule has 7 nitrogen and oxygen atoms in total. The molecule has 0 aliphatic heterocycles. The SMILES string of the molecule is Cc1cc(C)c(OC(=O)CNC(=O)C(C)NC(=O)OC(C)(C)C)c(C)c1. The molecule has 1 aromatic rings. The first-order valence-corrected chi connectivity index (χ1v) is 8.45. The van der Waals surface area contributed by atoms with E-state index < -0.39 is 29.6 Å². The van der Waals surface area contributed by atoms with Gasteiger partial charge in [-0.1, -0.05) is 17.7 Å². The number of carbonyl (C=O) groups excluding carboxylic acids is 3. The molecular weight excluding hydrogens is 336 g/mol. The standard InChI is InChI=1S/C19H28N2O5/c1-11-8-12(2)16(13(3)9-11)25-15(22)10-20-17(23)14(4)21-18(24)26-19(5,6)7/h8-9,14H,10H2,1-7H3,(H,20,23)(H,21,24). The van der Waals surface area contributed by atoms with Crippen molar-refractivity contribution in [2.75, 3.05) is 6.54 Å². The van der Waals surface area contributed by atoms with E-state index >= 15 is 0 Å². The van der Waals surface area contributed by atoms with Gasteiger partial charge in [-0.3, -0.25) is 4.79 Å². The van der Waals surface area contributed by atoms with Crippen molar-refractivity contribution in [1.29, 1.82) is 0 Å². The number of ether oxygens (including phenoxy) is 2. The van der Waals surface area contributed by atoms with Gasteiger partial charge in [0.15, 0.2) is 0 Å². The van der Waals surface area contributed by atoms with Gasteiger partial charge >= 0.3 is 12.1 Å². The van der Waals surface area contributed by atoms with E-state index in [1.165, 1.54) is 6.92 Å². The Labute approximate surface area is 154 Å². The summed E-state index contributed by atoms with van der Waals surface area (Å²) in [6.45, 7) is 12.0. The molecule has 0 aromatic heterocycles. The zero-order valence-corrected chi connectivity index (χ0v) is 16.5. The van der Waals surface area contributed by atoms with Crippen LogP contribution in [0.5, 0.6) is 5.75 Å². The van der Waals surface area contributed by atoms with Crippen molar-refractivity contribution in [2.45, 2.75) is 60.1 Å². The molecule has 0 saturated heterocycles. The lowest BCUT2D eigenvalue weighted by Crippen LogP contribution is -2.47. The molecule has 0 saturated carbocycles. The van der Waals surface area contributed by atoms with E-state index in [0.29, 0.717) is 5.75 Å². The average molecular weight is 364 g/mol. The molecule has 1 unspecified atom stereocenters. The molecule has 2 amide bonds. The second-order valence-electron chi connectivity index (χ2n) is 7.29. The highest BCUT2D eigenvalue weighted by Crippen LogP contribution is 2.24. The lowest BCUT2D eigenvalue weighted by atomic mass is 10.1. The quantitative estimate of drug-likeness (QED) is 0.619. The van der Waals surface area contributed by atoms with E-state index in [9.17, 15) is 14.4 Å². The first-order valence-electron chi connectivity index (χ1n) is 8.45. The minimum atomic E-state index is -0.847. The van der Waals surface area contributed by atoms with Crippen molar-refractivity contribution >= 4 is 18.0 Å². The maximum atomic E-state index is 12.0. The number of nitrogens with one attached hydrogen (secondary N) is 2. The van der Waals surface area contributed by atoms with Crippen LogP contribution in [-0.4, -0.2) is 36.2 Å². The monoisotopic (exact) mass is 364 g/mol. The molecule has 7 heteroatoms. The largest absolute Gasteiger partial charge is 0.444 e. The van der Waals surface area contributed by atoms with Crippen molar-refractivity contribution in [3.05, 3.63) is 28.8 Å². The summed E-state index contributed by atoms with van der Waals surface area (Å²) < 4.78 is 10.4. The topological polar surface area (TPSA) is 93.7 Å². The number of aryl methyl sites for hydroxylation is 3. The number of hydrogen-bond donors (Lipinski definition) is 2. The summed E-state index contributed by atoms with van der Waals surface area (Å²) >= 11 is 0. The Bertz CT molecular complexity index is 669. The lowest BCUT2D eigenvalue weighted by molar-refractivity contribution is -0.135. The highest BCUT2D eigenvalue weighted by Gasteiger charge is 2.21. The predicted molar refractivity (Wildman–Crippen MR) is 98.1 cm³/mol. The number of rotatable bonds is 5. The number of carbonyl (C=O) groups is 3. The van der Waals surface area contributed by atoms with Crippen LogP contribution < -0.4 is 15.4 Å². The first kappa shape index (κ1) is 21.5. The molecule has 144 valence electrons. The number of alkyl carbamates (subject to hydrolysis) is 1. The summed E-state index contributed by atoms with van der Waals surface area (Å²) in [5, 5.41) is 4.85. The Balaban J connectivity index is 2.52. The fraction of sp³-hybridized carbons (Fsp3) is 0.526. The minimum absolute atomic E-state index is 0.300. The van der Waals surface area contributed by atoms with Crippen molar-refractivity contribution in [3.63, 3.8) is 0 Å². The minimum Gasteiger partial charge on any atom is -0.444 e. The second kappa shape index (κ2) is 8.69. The van der Waals surface area contributed by atoms with Gasteiger partial charge in [-0.2, -0.15) is 0 Å². The third kappa shape index (κ3) is 7.13. The van der Waals surface area contributed by atoms with Gasteiger partial charge in [-0.25, -0.2) is 9.59 Å². The fourth-order valence-electron chi connectivity index (χ4n) is 2.34. The molecule has 26 heavy (non-hydrogen) atoms. The third-order valence-corrected chi connectivity index (χ3v) is 3.35. The Kier molecular flexibility index (Phi) is 7.18. The third-order valence-electron chi connectivity index (χ3n) is 3.35. The molecule has 0 fully saturated rings. The zero-order valence-electron chi connectivity index (χ0n) is 16.5. The highest BCUT2D eigenvalue weighted by atomic mass is 16.6. The number of esters is 1. The van der Waals surface area contributed by atoms with Crippen LogP contribution in [-0.2, 0) is 14.3 Å². The number of hydrogen-bond acceptors (Lipinski definition) is 5. The Morgan fingerprint density at radius 1 is 1.08 bits per heavy atom. The summed E-state index contributed by atoms with van der Waals surface area (Å²) in [7, 11) is 0. The molecule has 0 spiro atoms. The Morgan fingerprint density at radius 3 is 2.12 bits per heavy atom. The van der Waals surface area contributed by atoms with Gasteiger partial charge in [0.05, 0.1) is 0 Å². The van der Waals surface area contributed by atoms with Crippen LogP contribution in [0.2, 0.25) is 0 Å². The van der Waals surface area contributed by atoms with Crippen LogP contribution in [0.15, 0.2) is 12.1 Å². The molecule has 0 bridgehead atoms. The van der Waals surface area contributed by atoms with Crippen molar-refractivity contribution < 1.29 is 23.9 Å². The summed E-state index contributed by atoms with van der Waals surface area (Å²) in [6.07, 6.45) is -0.700. The van der Waals surface area contributed by atoms with Crippen LogP contribution in [0.1, 0.15) is 44.4 Å². The van der Waals surface area contributed by atoms with Crippen LogP contribution in [0.25, 0.3) is 0 Å². The van der Waals surface area contributed by atoms with E-state index in [1.807, 2.05) is 32.9 Å². The molecule has 0 aliphatic carbocycles. The van der Waals surface area contributed by atoms with E-state index in [4.69, 9.17) is 9.47 Å². The van der Waals surface area contributed by atoms with Crippen LogP contribution in [0.3, 0.4) is 0 Å². The maximum absolute atomic E-state index is 12.0. The summed E-state index contributed by atoms with van der Waals surface area (Å²) in [5.74, 6) is -0.599. The molecule has 2 N–H and O–H groups in total. The normalized spacial score (nSPS) is 12.1. The van der Waals surface area contributed by atoms with Gasteiger partial charge < -0.3 is 20.1 Å². The molecule has 1 rings (SSSR count). The van der Waals surface area contributed by atoms with Crippen LogP contribution in [0, 0.1) is 20.8 Å². The lowest BCUT2D eigenvalue weighted by Gasteiger charge is -2.21. The van der Waals surface area contributed by atoms with Gasteiger partial charge in [0.1, 0.15) is 23.9 Å². The van der Waals surface area contributed by atoms with E-state index in [1.54, 1.807) is 20.8 Å². The molecule has 0 heterocycles. The van der Waals surface area contributed by atoms with Crippen molar-refractivity contribution in [1.82, 2.24) is 10.6 Å². The molecule has 1 aromatic carbocycles. The predicted octanol–water partition coefficient (Wildman–Crippen LogP) is 2.55. The molecular formula is C19H28N2O5. The maximum Gasteiger partial charge on any atom is 0.408 e. The summed E-state index contributed by atoms with van der Waals surface area (Å²) in [5.41, 5.74) is 2.12. The van der Waals surface area contributed by atoms with Gasteiger partial charge in [0.2, 0.25) is 5.91 Å². The highest BCUT2D eigenvalue weighted by molar-refractivity contribution is 5.88. The van der Waals surface area contributed by atoms with Crippen LogP contribution >= 0.6 is 0 Å². The first-order chi connectivity index (χ1) is 11.9. The molecule has 1 atom stereocenters. The van der Waals surface area contributed by atoms with Crippen molar-refractivity contribution in [2.24, 2.45) is 0 Å². The van der Waals surface area contributed by atoms with Crippen molar-refractivity contribution in [3.8, 4) is 5.75 Å². The molecule has 0 radical (unpaired) electrons. The Hall–Kier alpha value is -2.57.